The first kappa shape index (κ1) is 10.6. The summed E-state index contributed by atoms with van der Waals surface area (Å²) in [6.07, 6.45) is 2.78. The summed E-state index contributed by atoms with van der Waals surface area (Å²) in [5, 5.41) is 10.0. The lowest BCUT2D eigenvalue weighted by Gasteiger charge is -2.22. The quantitative estimate of drug-likeness (QED) is 0.750. The first-order chi connectivity index (χ1) is 6.10. The molecule has 1 nitrogen and oxygen atoms in total. The number of rotatable bonds is 3. The third kappa shape index (κ3) is 2.48. The highest BCUT2D eigenvalue weighted by Crippen LogP contribution is 2.27. The van der Waals surface area contributed by atoms with Crippen LogP contribution < -0.4 is 0 Å². The van der Waals surface area contributed by atoms with Gasteiger partial charge in [0.05, 0.1) is 5.60 Å². The Bertz CT molecular complexity index is 281. The molecule has 0 saturated heterocycles. The van der Waals surface area contributed by atoms with E-state index in [4.69, 9.17) is 0 Å². The molecule has 0 unspecified atom stereocenters. The van der Waals surface area contributed by atoms with E-state index >= 15 is 0 Å². The van der Waals surface area contributed by atoms with Crippen molar-refractivity contribution in [1.29, 1.82) is 0 Å². The number of thioether (sulfide) groups is 1. The molecule has 0 aliphatic carbocycles. The summed E-state index contributed by atoms with van der Waals surface area (Å²) in [5.41, 5.74) is 0.313. The van der Waals surface area contributed by atoms with E-state index in [0.29, 0.717) is 0 Å². The highest BCUT2D eigenvalue weighted by Gasteiger charge is 2.19. The number of hydrogen-bond acceptors (Lipinski definition) is 2. The minimum atomic E-state index is -0.689. The molecule has 0 spiro atoms. The van der Waals surface area contributed by atoms with Crippen LogP contribution in [0.15, 0.2) is 29.2 Å². The van der Waals surface area contributed by atoms with Gasteiger partial charge in [-0.2, -0.15) is 0 Å². The smallest absolute Gasteiger partial charge is 0.0866 e. The van der Waals surface area contributed by atoms with Crippen LogP contribution in [0.1, 0.15) is 25.8 Å². The Morgan fingerprint density at radius 3 is 2.69 bits per heavy atom. The first-order valence-corrected chi connectivity index (χ1v) is 5.69. The van der Waals surface area contributed by atoms with E-state index in [0.717, 1.165) is 12.0 Å². The van der Waals surface area contributed by atoms with Gasteiger partial charge >= 0.3 is 0 Å². The minimum Gasteiger partial charge on any atom is -0.385 e. The lowest BCUT2D eigenvalue weighted by molar-refractivity contribution is 0.0529. The second kappa shape index (κ2) is 4.16. The molecule has 1 N–H and O–H groups in total. The third-order valence-corrected chi connectivity index (χ3v) is 3.11. The molecule has 0 fully saturated rings. The van der Waals surface area contributed by atoms with Gasteiger partial charge in [0, 0.05) is 4.90 Å². The maximum absolute atomic E-state index is 10.0. The number of benzene rings is 1. The molecular weight excluding hydrogens is 180 g/mol. The van der Waals surface area contributed by atoms with Gasteiger partial charge in [0.15, 0.2) is 0 Å². The van der Waals surface area contributed by atoms with Crippen molar-refractivity contribution in [2.75, 3.05) is 6.26 Å². The zero-order valence-electron chi connectivity index (χ0n) is 8.37. The van der Waals surface area contributed by atoms with Crippen LogP contribution in [0.25, 0.3) is 0 Å². The molecule has 0 radical (unpaired) electrons. The van der Waals surface area contributed by atoms with E-state index in [2.05, 4.69) is 6.07 Å². The van der Waals surface area contributed by atoms with Gasteiger partial charge in [-0.3, -0.25) is 0 Å². The Hall–Kier alpha value is -0.470. The zero-order chi connectivity index (χ0) is 9.90. The molecule has 13 heavy (non-hydrogen) atoms. The Labute approximate surface area is 84.2 Å². The topological polar surface area (TPSA) is 20.2 Å². The SMILES string of the molecule is CC[C@@](C)(O)c1cccc(SC)c1. The Kier molecular flexibility index (Phi) is 3.40. The van der Waals surface area contributed by atoms with Crippen LogP contribution in [0.2, 0.25) is 0 Å². The van der Waals surface area contributed by atoms with Gasteiger partial charge in [-0.1, -0.05) is 19.1 Å². The lowest BCUT2D eigenvalue weighted by Crippen LogP contribution is -2.19. The lowest BCUT2D eigenvalue weighted by atomic mass is 9.94. The molecule has 2 heteroatoms. The predicted molar refractivity (Wildman–Crippen MR) is 58.1 cm³/mol. The largest absolute Gasteiger partial charge is 0.385 e. The van der Waals surface area contributed by atoms with Crippen molar-refractivity contribution in [3.8, 4) is 0 Å². The zero-order valence-corrected chi connectivity index (χ0v) is 9.19. The molecule has 1 aromatic carbocycles. The summed E-state index contributed by atoms with van der Waals surface area (Å²) >= 11 is 1.70. The average molecular weight is 196 g/mol. The molecule has 72 valence electrons. The summed E-state index contributed by atoms with van der Waals surface area (Å²) in [4.78, 5) is 1.20. The molecule has 1 rings (SSSR count). The maximum Gasteiger partial charge on any atom is 0.0866 e. The highest BCUT2D eigenvalue weighted by atomic mass is 32.2. The summed E-state index contributed by atoms with van der Waals surface area (Å²) in [6.45, 7) is 3.85. The van der Waals surface area contributed by atoms with Gasteiger partial charge in [0.1, 0.15) is 0 Å². The van der Waals surface area contributed by atoms with Crippen molar-refractivity contribution in [3.05, 3.63) is 29.8 Å². The summed E-state index contributed by atoms with van der Waals surface area (Å²) in [7, 11) is 0. The summed E-state index contributed by atoms with van der Waals surface area (Å²) in [5.74, 6) is 0. The van der Waals surface area contributed by atoms with Crippen LogP contribution in [0.3, 0.4) is 0 Å². The molecule has 0 aromatic heterocycles. The van der Waals surface area contributed by atoms with Crippen molar-refractivity contribution in [2.45, 2.75) is 30.8 Å². The van der Waals surface area contributed by atoms with Crippen LogP contribution in [-0.2, 0) is 5.60 Å². The van der Waals surface area contributed by atoms with E-state index < -0.39 is 5.60 Å². The van der Waals surface area contributed by atoms with Crippen LogP contribution in [-0.4, -0.2) is 11.4 Å². The first-order valence-electron chi connectivity index (χ1n) is 4.47. The van der Waals surface area contributed by atoms with E-state index in [1.165, 1.54) is 4.90 Å². The van der Waals surface area contributed by atoms with Crippen molar-refractivity contribution in [2.24, 2.45) is 0 Å². The van der Waals surface area contributed by atoms with E-state index in [-0.39, 0.29) is 0 Å². The highest BCUT2D eigenvalue weighted by molar-refractivity contribution is 7.98. The third-order valence-electron chi connectivity index (χ3n) is 2.38. The van der Waals surface area contributed by atoms with Gasteiger partial charge in [0.2, 0.25) is 0 Å². The summed E-state index contributed by atoms with van der Waals surface area (Å²) < 4.78 is 0. The maximum atomic E-state index is 10.0. The van der Waals surface area contributed by atoms with Crippen molar-refractivity contribution in [1.82, 2.24) is 0 Å². The molecule has 1 aromatic rings. The second-order valence-corrected chi connectivity index (χ2v) is 4.24. The Morgan fingerprint density at radius 1 is 1.46 bits per heavy atom. The standard InChI is InChI=1S/C11H16OS/c1-4-11(2,12)9-6-5-7-10(8-9)13-3/h5-8,12H,4H2,1-3H3/t11-/m1/s1. The fourth-order valence-electron chi connectivity index (χ4n) is 1.16. The minimum absolute atomic E-state index is 0.689. The predicted octanol–water partition coefficient (Wildman–Crippen LogP) is 3.03. The van der Waals surface area contributed by atoms with E-state index in [9.17, 15) is 5.11 Å². The van der Waals surface area contributed by atoms with Gasteiger partial charge < -0.3 is 5.11 Å². The number of aliphatic hydroxyl groups is 1. The molecule has 0 aliphatic heterocycles. The van der Waals surface area contributed by atoms with Crippen LogP contribution in [0.5, 0.6) is 0 Å². The molecule has 0 saturated carbocycles. The Morgan fingerprint density at radius 2 is 2.15 bits per heavy atom. The molecule has 0 aliphatic rings. The molecule has 0 amide bonds. The molecule has 1 atom stereocenters. The van der Waals surface area contributed by atoms with Crippen molar-refractivity contribution in [3.63, 3.8) is 0 Å². The van der Waals surface area contributed by atoms with Crippen LogP contribution >= 0.6 is 11.8 Å². The van der Waals surface area contributed by atoms with Gasteiger partial charge in [-0.05, 0) is 37.3 Å². The van der Waals surface area contributed by atoms with Gasteiger partial charge in [-0.25, -0.2) is 0 Å². The van der Waals surface area contributed by atoms with Crippen LogP contribution in [0.4, 0.5) is 0 Å². The second-order valence-electron chi connectivity index (χ2n) is 3.36. The average Bonchev–Trinajstić information content (AvgIpc) is 2.18. The monoisotopic (exact) mass is 196 g/mol. The van der Waals surface area contributed by atoms with Crippen LogP contribution in [0, 0.1) is 0 Å². The van der Waals surface area contributed by atoms with Gasteiger partial charge in [0.25, 0.3) is 0 Å². The molecule has 0 bridgehead atoms. The normalized spacial score (nSPS) is 15.4. The number of hydrogen-bond donors (Lipinski definition) is 1. The fourth-order valence-corrected chi connectivity index (χ4v) is 1.62. The van der Waals surface area contributed by atoms with Crippen molar-refractivity contribution >= 4 is 11.8 Å². The molecule has 0 heterocycles. The van der Waals surface area contributed by atoms with Gasteiger partial charge in [-0.15, -0.1) is 11.8 Å². The Balaban J connectivity index is 3.01. The van der Waals surface area contributed by atoms with E-state index in [1.807, 2.05) is 38.3 Å². The van der Waals surface area contributed by atoms with Crippen molar-refractivity contribution < 1.29 is 5.11 Å². The van der Waals surface area contributed by atoms with E-state index in [1.54, 1.807) is 11.8 Å². The molecular formula is C11H16OS. The summed E-state index contributed by atoms with van der Waals surface area (Å²) in [6, 6.07) is 8.07. The fraction of sp³-hybridized carbons (Fsp3) is 0.455.